The zero-order chi connectivity index (χ0) is 13.1. The Bertz CT molecular complexity index is 439. The van der Waals surface area contributed by atoms with E-state index in [2.05, 4.69) is 27.9 Å². The summed E-state index contributed by atoms with van der Waals surface area (Å²) in [5, 5.41) is 0. The lowest BCUT2D eigenvalue weighted by Gasteiger charge is -2.30. The average Bonchev–Trinajstić information content (AvgIpc) is 2.34. The van der Waals surface area contributed by atoms with Gasteiger partial charge in [-0.15, -0.1) is 0 Å². The molecule has 0 spiro atoms. The van der Waals surface area contributed by atoms with Crippen molar-refractivity contribution in [2.75, 3.05) is 7.05 Å². The van der Waals surface area contributed by atoms with Crippen molar-refractivity contribution < 1.29 is 9.18 Å². The molecule has 1 fully saturated rings. The number of carbonyl (C=O) groups is 1. The second-order valence-electron chi connectivity index (χ2n) is 4.93. The van der Waals surface area contributed by atoms with Gasteiger partial charge in [0.15, 0.2) is 0 Å². The fraction of sp³-hybridized carbons (Fsp3) is 0.500. The lowest BCUT2D eigenvalue weighted by Crippen LogP contribution is -2.34. The third-order valence-electron chi connectivity index (χ3n) is 3.55. The lowest BCUT2D eigenvalue weighted by molar-refractivity contribution is -0.121. The van der Waals surface area contributed by atoms with Gasteiger partial charge in [0.1, 0.15) is 11.6 Å². The van der Waals surface area contributed by atoms with Gasteiger partial charge in [0.25, 0.3) is 0 Å². The highest BCUT2D eigenvalue weighted by atomic mass is 79.9. The predicted octanol–water partition coefficient (Wildman–Crippen LogP) is 3.53. The van der Waals surface area contributed by atoms with Gasteiger partial charge >= 0.3 is 0 Å². The van der Waals surface area contributed by atoms with Crippen molar-refractivity contribution in [3.8, 4) is 0 Å². The fourth-order valence-corrected chi connectivity index (χ4v) is 2.85. The topological polar surface area (TPSA) is 20.3 Å². The molecule has 98 valence electrons. The van der Waals surface area contributed by atoms with E-state index in [9.17, 15) is 9.18 Å². The van der Waals surface area contributed by atoms with Crippen LogP contribution in [0.2, 0.25) is 0 Å². The molecule has 2 nitrogen and oxygen atoms in total. The minimum atomic E-state index is -0.232. The number of halogens is 2. The molecule has 1 aromatic carbocycles. The van der Waals surface area contributed by atoms with E-state index in [-0.39, 0.29) is 5.82 Å². The van der Waals surface area contributed by atoms with E-state index in [1.54, 1.807) is 0 Å². The molecule has 4 heteroatoms. The van der Waals surface area contributed by atoms with Crippen LogP contribution in [0.25, 0.3) is 0 Å². The van der Waals surface area contributed by atoms with Crippen LogP contribution in [0.1, 0.15) is 31.2 Å². The van der Waals surface area contributed by atoms with Gasteiger partial charge in [-0.05, 0) is 53.5 Å². The lowest BCUT2D eigenvalue weighted by atomic mass is 9.93. The number of benzene rings is 1. The van der Waals surface area contributed by atoms with Gasteiger partial charge in [-0.3, -0.25) is 9.69 Å². The summed E-state index contributed by atoms with van der Waals surface area (Å²) in [7, 11) is 2.07. The van der Waals surface area contributed by atoms with Crippen LogP contribution in [0, 0.1) is 5.82 Å². The number of Topliss-reactive ketones (excluding diaryl/α,β-unsaturated/α-hetero) is 1. The predicted molar refractivity (Wildman–Crippen MR) is 72.8 cm³/mol. The van der Waals surface area contributed by atoms with Gasteiger partial charge in [0.05, 0.1) is 4.47 Å². The first kappa shape index (κ1) is 13.7. The summed E-state index contributed by atoms with van der Waals surface area (Å²) in [5.74, 6) is 0.147. The first-order valence-corrected chi connectivity index (χ1v) is 7.01. The molecular formula is C14H17BrFNO. The molecule has 0 heterocycles. The van der Waals surface area contributed by atoms with Gasteiger partial charge < -0.3 is 0 Å². The van der Waals surface area contributed by atoms with E-state index in [1.807, 2.05) is 12.1 Å². The van der Waals surface area contributed by atoms with E-state index in [4.69, 9.17) is 0 Å². The highest BCUT2D eigenvalue weighted by Gasteiger charge is 2.22. The van der Waals surface area contributed by atoms with E-state index in [1.165, 1.54) is 6.07 Å². The van der Waals surface area contributed by atoms with Crippen LogP contribution in [0.3, 0.4) is 0 Å². The maximum atomic E-state index is 13.1. The van der Waals surface area contributed by atoms with Crippen molar-refractivity contribution in [1.29, 1.82) is 0 Å². The molecule has 0 aliphatic heterocycles. The molecule has 1 saturated carbocycles. The molecule has 18 heavy (non-hydrogen) atoms. The Labute approximate surface area is 115 Å². The molecule has 0 amide bonds. The van der Waals surface area contributed by atoms with Crippen molar-refractivity contribution >= 4 is 21.7 Å². The Kier molecular flexibility index (Phi) is 4.51. The number of nitrogens with zero attached hydrogens (tertiary/aromatic N) is 1. The van der Waals surface area contributed by atoms with Gasteiger partial charge in [0, 0.05) is 25.4 Å². The summed E-state index contributed by atoms with van der Waals surface area (Å²) in [4.78, 5) is 13.5. The number of carbonyl (C=O) groups excluding carboxylic acids is 1. The molecule has 1 aliphatic carbocycles. The maximum absolute atomic E-state index is 13.1. The Hall–Kier alpha value is -0.740. The minimum absolute atomic E-state index is 0.232. The third-order valence-corrected chi connectivity index (χ3v) is 4.16. The minimum Gasteiger partial charge on any atom is -0.300 e. The molecule has 1 aromatic rings. The molecule has 0 aromatic heterocycles. The second-order valence-corrected chi connectivity index (χ2v) is 5.79. The van der Waals surface area contributed by atoms with Crippen LogP contribution in [0.4, 0.5) is 4.39 Å². The Balaban J connectivity index is 1.96. The van der Waals surface area contributed by atoms with Crippen molar-refractivity contribution in [2.45, 2.75) is 38.3 Å². The highest BCUT2D eigenvalue weighted by Crippen LogP contribution is 2.22. The summed E-state index contributed by atoms with van der Waals surface area (Å²) in [5.41, 5.74) is 1.09. The number of ketones is 1. The monoisotopic (exact) mass is 313 g/mol. The van der Waals surface area contributed by atoms with E-state index in [0.29, 0.717) is 29.1 Å². The van der Waals surface area contributed by atoms with Crippen molar-refractivity contribution in [2.24, 2.45) is 0 Å². The Morgan fingerprint density at radius 2 is 2.06 bits per heavy atom. The van der Waals surface area contributed by atoms with Crippen LogP contribution in [0.5, 0.6) is 0 Å². The molecule has 0 N–H and O–H groups in total. The molecule has 0 bridgehead atoms. The maximum Gasteiger partial charge on any atom is 0.137 e. The average molecular weight is 314 g/mol. The molecule has 0 atom stereocenters. The zero-order valence-electron chi connectivity index (χ0n) is 10.5. The van der Waals surface area contributed by atoms with Gasteiger partial charge in [-0.2, -0.15) is 0 Å². The fourth-order valence-electron chi connectivity index (χ4n) is 2.42. The van der Waals surface area contributed by atoms with Crippen molar-refractivity contribution in [1.82, 2.24) is 4.90 Å². The van der Waals surface area contributed by atoms with Crippen LogP contribution < -0.4 is 0 Å². The van der Waals surface area contributed by atoms with Gasteiger partial charge in [-0.25, -0.2) is 4.39 Å². The van der Waals surface area contributed by atoms with Crippen molar-refractivity contribution in [3.05, 3.63) is 34.1 Å². The van der Waals surface area contributed by atoms with E-state index < -0.39 is 0 Å². The van der Waals surface area contributed by atoms with Crippen LogP contribution >= 0.6 is 15.9 Å². The van der Waals surface area contributed by atoms with Crippen LogP contribution in [-0.4, -0.2) is 23.8 Å². The zero-order valence-corrected chi connectivity index (χ0v) is 12.0. The Morgan fingerprint density at radius 3 is 2.67 bits per heavy atom. The molecule has 2 rings (SSSR count). The standard InChI is InChI=1S/C14H17BrFNO/c1-17(11-3-5-12(18)6-4-11)9-10-2-7-14(16)13(15)8-10/h2,7-8,11H,3-6,9H2,1H3. The highest BCUT2D eigenvalue weighted by molar-refractivity contribution is 9.10. The molecule has 1 aliphatic rings. The smallest absolute Gasteiger partial charge is 0.137 e. The quantitative estimate of drug-likeness (QED) is 0.851. The molecule has 0 radical (unpaired) electrons. The summed E-state index contributed by atoms with van der Waals surface area (Å²) in [6.07, 6.45) is 3.28. The third kappa shape index (κ3) is 3.39. The molecule has 0 unspecified atom stereocenters. The molecular weight excluding hydrogens is 297 g/mol. The summed E-state index contributed by atoms with van der Waals surface area (Å²) in [6.45, 7) is 0.789. The SMILES string of the molecule is CN(Cc1ccc(F)c(Br)c1)C1CCC(=O)CC1. The number of rotatable bonds is 3. The summed E-state index contributed by atoms with van der Waals surface area (Å²) in [6, 6.07) is 5.58. The van der Waals surface area contributed by atoms with Crippen LogP contribution in [0.15, 0.2) is 22.7 Å². The summed E-state index contributed by atoms with van der Waals surface area (Å²) < 4.78 is 13.6. The summed E-state index contributed by atoms with van der Waals surface area (Å²) >= 11 is 3.20. The van der Waals surface area contributed by atoms with Gasteiger partial charge in [0.2, 0.25) is 0 Å². The van der Waals surface area contributed by atoms with E-state index >= 15 is 0 Å². The van der Waals surface area contributed by atoms with Crippen molar-refractivity contribution in [3.63, 3.8) is 0 Å². The first-order chi connectivity index (χ1) is 8.56. The molecule has 0 saturated heterocycles. The van der Waals surface area contributed by atoms with E-state index in [0.717, 1.165) is 24.9 Å². The number of hydrogen-bond donors (Lipinski definition) is 0. The first-order valence-electron chi connectivity index (χ1n) is 6.22. The largest absolute Gasteiger partial charge is 0.300 e. The number of hydrogen-bond acceptors (Lipinski definition) is 2. The van der Waals surface area contributed by atoms with Crippen LogP contribution in [-0.2, 0) is 11.3 Å². The second kappa shape index (κ2) is 5.93. The normalized spacial score (nSPS) is 17.4. The Morgan fingerprint density at radius 1 is 1.39 bits per heavy atom. The van der Waals surface area contributed by atoms with Gasteiger partial charge in [-0.1, -0.05) is 6.07 Å².